The number of hydrogen-bond donors (Lipinski definition) is 2. The number of hydrogen-bond acceptors (Lipinski definition) is 10. The Hall–Kier alpha value is -4.49. The number of benzene rings is 3. The van der Waals surface area contributed by atoms with E-state index in [9.17, 15) is 14.4 Å². The molecule has 0 spiro atoms. The maximum atomic E-state index is 14.2. The number of fused-ring (bicyclic) bond motifs is 1. The van der Waals surface area contributed by atoms with Gasteiger partial charge >= 0.3 is 6.03 Å². The lowest BCUT2D eigenvalue weighted by atomic mass is 10.0. The lowest BCUT2D eigenvalue weighted by Crippen LogP contribution is -2.44. The van der Waals surface area contributed by atoms with Crippen LogP contribution in [0.2, 0.25) is 0 Å². The molecule has 6 rings (SSSR count). The minimum absolute atomic E-state index is 0. The molecule has 4 aromatic rings. The van der Waals surface area contributed by atoms with Crippen LogP contribution in [0.3, 0.4) is 0 Å². The number of methoxy groups -OCH3 is 1. The molecule has 0 bridgehead atoms. The number of aryl methyl sites for hydroxylation is 1. The Balaban J connectivity index is 0.00000280. The second-order valence-corrected chi connectivity index (χ2v) is 13.8. The van der Waals surface area contributed by atoms with Crippen molar-refractivity contribution in [2.45, 2.75) is 26.2 Å². The molecule has 2 aliphatic heterocycles. The number of unbranched alkanes of at least 4 members (excludes halogenated alkanes) is 1. The van der Waals surface area contributed by atoms with Gasteiger partial charge in [0.05, 0.1) is 36.1 Å². The molecule has 304 valence electrons. The molecule has 3 aromatic carbocycles. The summed E-state index contributed by atoms with van der Waals surface area (Å²) in [6, 6.07) is 16.0. The molecule has 3 heterocycles. The Labute approximate surface area is 347 Å². The van der Waals surface area contributed by atoms with Crippen LogP contribution >= 0.6 is 37.2 Å². The first-order chi connectivity index (χ1) is 25.7. The van der Waals surface area contributed by atoms with Crippen molar-refractivity contribution >= 4 is 77.8 Å². The number of allylic oxidation sites excluding steroid dienone is 1. The van der Waals surface area contributed by atoms with Crippen molar-refractivity contribution in [3.8, 4) is 22.6 Å². The molecule has 2 N–H and O–H groups in total. The second kappa shape index (κ2) is 21.2. The number of piperazine rings is 2. The first-order valence-corrected chi connectivity index (χ1v) is 18.3. The molecule has 1 aromatic heterocycles. The predicted molar refractivity (Wildman–Crippen MR) is 230 cm³/mol. The normalized spacial score (nSPS) is 14.4. The standard InChI is InChI=1S/C40H50N8O5.3ClH/c1-28-12-15-34(36(25-28)53-24-7-6-9-30(27-49)46-20-16-44(3)17-21-46)48(40(51)41-2)38(50)29-13-14-31(35(26-29)52-5)32-10-8-11-33-37(32)43-39(42-33)47-22-18-45(4)19-23-47;;;/h8,10-15,25-26H,6-7,9,16-24H2,1-5H3,(H,41,51)(H,42,43);3*1H. The number of urea groups is 1. The van der Waals surface area contributed by atoms with E-state index in [1.807, 2.05) is 43.3 Å². The van der Waals surface area contributed by atoms with Crippen molar-refractivity contribution in [3.05, 3.63) is 71.4 Å². The molecule has 0 atom stereocenters. The SMILES string of the molecule is CNC(=O)N(C(=O)c1ccc(-c2cccc3[nH]c(N4CCN(C)CC4)nc23)c(OC)c1)c1ccc(C)cc1OCCCCC(=C=O)N1CCN(C)CC1.Cl.Cl.Cl. The first kappa shape index (κ1) is 45.9. The lowest BCUT2D eigenvalue weighted by Gasteiger charge is -2.34. The summed E-state index contributed by atoms with van der Waals surface area (Å²) in [5.74, 6) is 3.33. The van der Waals surface area contributed by atoms with Crippen LogP contribution in [-0.4, -0.2) is 130 Å². The monoisotopic (exact) mass is 830 g/mol. The van der Waals surface area contributed by atoms with Gasteiger partial charge < -0.3 is 39.4 Å². The Morgan fingerprint density at radius 1 is 0.875 bits per heavy atom. The topological polar surface area (TPSA) is 127 Å². The largest absolute Gasteiger partial charge is 0.496 e. The number of nitrogens with one attached hydrogen (secondary N) is 2. The third-order valence-electron chi connectivity index (χ3n) is 10.1. The molecule has 16 heteroatoms. The fourth-order valence-corrected chi connectivity index (χ4v) is 6.85. The number of imidazole rings is 1. The highest BCUT2D eigenvalue weighted by Crippen LogP contribution is 2.37. The molecule has 2 aliphatic rings. The van der Waals surface area contributed by atoms with Crippen molar-refractivity contribution in [3.63, 3.8) is 0 Å². The van der Waals surface area contributed by atoms with E-state index >= 15 is 0 Å². The molecule has 0 unspecified atom stereocenters. The van der Waals surface area contributed by atoms with Crippen molar-refractivity contribution in [1.82, 2.24) is 30.0 Å². The van der Waals surface area contributed by atoms with Gasteiger partial charge in [0.15, 0.2) is 0 Å². The lowest BCUT2D eigenvalue weighted by molar-refractivity contribution is 0.0992. The minimum atomic E-state index is -0.600. The summed E-state index contributed by atoms with van der Waals surface area (Å²) in [6.07, 6.45) is 2.04. The van der Waals surface area contributed by atoms with Crippen LogP contribution in [0.1, 0.15) is 35.2 Å². The van der Waals surface area contributed by atoms with Crippen LogP contribution < -0.4 is 24.6 Å². The minimum Gasteiger partial charge on any atom is -0.496 e. The van der Waals surface area contributed by atoms with Gasteiger partial charge in [-0.3, -0.25) is 4.79 Å². The third kappa shape index (κ3) is 10.5. The van der Waals surface area contributed by atoms with Gasteiger partial charge in [-0.15, -0.1) is 37.2 Å². The van der Waals surface area contributed by atoms with Crippen LogP contribution in [-0.2, 0) is 4.79 Å². The molecular formula is C40H53Cl3N8O5. The zero-order chi connectivity index (χ0) is 37.5. The van der Waals surface area contributed by atoms with Gasteiger partial charge in [0.25, 0.3) is 5.91 Å². The number of carbonyl (C=O) groups excluding carboxylic acids is 3. The molecular weight excluding hydrogens is 779 g/mol. The fourth-order valence-electron chi connectivity index (χ4n) is 6.85. The number of carbonyl (C=O) groups is 2. The summed E-state index contributed by atoms with van der Waals surface area (Å²) in [5.41, 5.74) is 5.57. The fraction of sp³-hybridized carbons (Fsp3) is 0.425. The number of likely N-dealkylation sites (N-methyl/N-ethyl adjacent to an activating group) is 2. The van der Waals surface area contributed by atoms with E-state index in [2.05, 4.69) is 49.9 Å². The van der Waals surface area contributed by atoms with E-state index in [-0.39, 0.29) is 42.8 Å². The van der Waals surface area contributed by atoms with E-state index in [0.29, 0.717) is 42.3 Å². The van der Waals surface area contributed by atoms with Crippen LogP contribution in [0, 0.1) is 6.92 Å². The van der Waals surface area contributed by atoms with Crippen molar-refractivity contribution < 1.29 is 23.9 Å². The van der Waals surface area contributed by atoms with Crippen LogP contribution in [0.15, 0.2) is 60.3 Å². The Bertz CT molecular complexity index is 1990. The van der Waals surface area contributed by atoms with Crippen LogP contribution in [0.5, 0.6) is 11.5 Å². The number of aromatic nitrogens is 2. The molecule has 56 heavy (non-hydrogen) atoms. The van der Waals surface area contributed by atoms with E-state index in [1.54, 1.807) is 25.3 Å². The number of halogens is 3. The average Bonchev–Trinajstić information content (AvgIpc) is 3.62. The maximum Gasteiger partial charge on any atom is 0.328 e. The average molecular weight is 832 g/mol. The number of nitrogens with zero attached hydrogens (tertiary/aromatic N) is 6. The van der Waals surface area contributed by atoms with Gasteiger partial charge in [-0.2, -0.15) is 0 Å². The smallest absolute Gasteiger partial charge is 0.328 e. The molecule has 0 aliphatic carbocycles. The van der Waals surface area contributed by atoms with Crippen molar-refractivity contribution in [1.29, 1.82) is 0 Å². The number of aromatic amines is 1. The van der Waals surface area contributed by atoms with E-state index in [1.165, 1.54) is 7.05 Å². The third-order valence-corrected chi connectivity index (χ3v) is 10.1. The number of ether oxygens (including phenoxy) is 2. The number of H-pyrrole nitrogens is 1. The highest BCUT2D eigenvalue weighted by molar-refractivity contribution is 6.21. The molecule has 2 saturated heterocycles. The van der Waals surface area contributed by atoms with Gasteiger partial charge in [-0.1, -0.05) is 18.2 Å². The van der Waals surface area contributed by atoms with E-state index < -0.39 is 11.9 Å². The Morgan fingerprint density at radius 3 is 2.23 bits per heavy atom. The first-order valence-electron chi connectivity index (χ1n) is 18.3. The second-order valence-electron chi connectivity index (χ2n) is 13.8. The summed E-state index contributed by atoms with van der Waals surface area (Å²) in [5, 5.41) is 2.62. The highest BCUT2D eigenvalue weighted by atomic mass is 35.5. The summed E-state index contributed by atoms with van der Waals surface area (Å²) < 4.78 is 12.1. The summed E-state index contributed by atoms with van der Waals surface area (Å²) >= 11 is 0. The van der Waals surface area contributed by atoms with Crippen molar-refractivity contribution in [2.75, 3.05) is 97.0 Å². The predicted octanol–water partition coefficient (Wildman–Crippen LogP) is 6.06. The Morgan fingerprint density at radius 2 is 1.57 bits per heavy atom. The van der Waals surface area contributed by atoms with Gasteiger partial charge in [-0.25, -0.2) is 19.5 Å². The highest BCUT2D eigenvalue weighted by Gasteiger charge is 2.29. The summed E-state index contributed by atoms with van der Waals surface area (Å²) in [6.45, 7) is 9.46. The van der Waals surface area contributed by atoms with Gasteiger partial charge in [0.1, 0.15) is 17.4 Å². The molecule has 13 nitrogen and oxygen atoms in total. The van der Waals surface area contributed by atoms with Gasteiger partial charge in [0, 0.05) is 76.1 Å². The molecule has 0 radical (unpaired) electrons. The van der Waals surface area contributed by atoms with Crippen molar-refractivity contribution in [2.24, 2.45) is 0 Å². The molecule has 3 amide bonds. The van der Waals surface area contributed by atoms with Crippen LogP contribution in [0.4, 0.5) is 16.4 Å². The quantitative estimate of drug-likeness (QED) is 0.129. The van der Waals surface area contributed by atoms with Crippen LogP contribution in [0.25, 0.3) is 22.2 Å². The number of amides is 3. The molecule has 0 saturated carbocycles. The number of rotatable bonds is 12. The number of para-hydroxylation sites is 1. The zero-order valence-corrected chi connectivity index (χ0v) is 35.1. The van der Waals surface area contributed by atoms with Gasteiger partial charge in [-0.05, 0) is 82.2 Å². The Kier molecular flexibility index (Phi) is 17.3. The number of imide groups is 1. The molecule has 2 fully saturated rings. The van der Waals surface area contributed by atoms with E-state index in [0.717, 1.165) is 97.4 Å². The van der Waals surface area contributed by atoms with Gasteiger partial charge in [0.2, 0.25) is 5.95 Å². The number of anilines is 2. The van der Waals surface area contributed by atoms with E-state index in [4.69, 9.17) is 14.5 Å². The summed E-state index contributed by atoms with van der Waals surface area (Å²) in [7, 11) is 7.26. The maximum absolute atomic E-state index is 14.2. The zero-order valence-electron chi connectivity index (χ0n) is 32.6. The summed E-state index contributed by atoms with van der Waals surface area (Å²) in [4.78, 5) is 57.9.